The largest absolute Gasteiger partial charge is 0.452 e. The van der Waals surface area contributed by atoms with Crippen LogP contribution in [0.25, 0.3) is 10.9 Å². The zero-order valence-electron chi connectivity index (χ0n) is 17.8. The molecule has 1 atom stereocenters. The number of ether oxygens (including phenoxy) is 1. The third-order valence-corrected chi connectivity index (χ3v) is 7.92. The van der Waals surface area contributed by atoms with Crippen molar-refractivity contribution >= 4 is 32.6 Å². The second-order valence-corrected chi connectivity index (χ2v) is 10.6. The van der Waals surface area contributed by atoms with Crippen molar-refractivity contribution in [1.29, 1.82) is 0 Å². The van der Waals surface area contributed by atoms with Gasteiger partial charge in [-0.3, -0.25) is 9.78 Å². The van der Waals surface area contributed by atoms with Gasteiger partial charge in [-0.25, -0.2) is 13.2 Å². The molecule has 1 aliphatic heterocycles. The summed E-state index contributed by atoms with van der Waals surface area (Å²) in [5, 5.41) is 0.741. The molecule has 2 heterocycles. The molecule has 1 unspecified atom stereocenters. The molecule has 7 nitrogen and oxygen atoms in total. The summed E-state index contributed by atoms with van der Waals surface area (Å²) < 4.78 is 29.3. The maximum Gasteiger partial charge on any atom is 0.339 e. The van der Waals surface area contributed by atoms with Gasteiger partial charge in [0.15, 0.2) is 16.4 Å². The number of sulfone groups is 1. The van der Waals surface area contributed by atoms with Crippen molar-refractivity contribution in [3.05, 3.63) is 41.1 Å². The monoisotopic (exact) mass is 444 g/mol. The van der Waals surface area contributed by atoms with Gasteiger partial charge in [0.2, 0.25) is 0 Å². The molecule has 1 saturated heterocycles. The van der Waals surface area contributed by atoms with Gasteiger partial charge in [-0.2, -0.15) is 0 Å². The van der Waals surface area contributed by atoms with Crippen LogP contribution in [0.1, 0.15) is 54.2 Å². The number of carbonyl (C=O) groups excluding carboxylic acids is 2. The number of unbranched alkanes of at least 4 members (excludes halogenated alkanes) is 1. The Bertz CT molecular complexity index is 1110. The molecule has 8 heteroatoms. The Morgan fingerprint density at radius 2 is 2.03 bits per heavy atom. The molecule has 0 bridgehead atoms. The highest BCUT2D eigenvalue weighted by Gasteiger charge is 2.35. The Morgan fingerprint density at radius 1 is 1.23 bits per heavy atom. The maximum absolute atomic E-state index is 13.1. The molecule has 2 aliphatic rings. The second kappa shape index (κ2) is 8.94. The fraction of sp³-hybridized carbons (Fsp3) is 0.522. The maximum atomic E-state index is 13.1. The Morgan fingerprint density at radius 3 is 2.77 bits per heavy atom. The van der Waals surface area contributed by atoms with E-state index in [1.54, 1.807) is 4.90 Å². The quantitative estimate of drug-likeness (QED) is 0.610. The summed E-state index contributed by atoms with van der Waals surface area (Å²) in [6.07, 6.45) is 4.65. The van der Waals surface area contributed by atoms with E-state index in [0.29, 0.717) is 18.5 Å². The van der Waals surface area contributed by atoms with Gasteiger partial charge in [0, 0.05) is 23.7 Å². The summed E-state index contributed by atoms with van der Waals surface area (Å²) in [5.74, 6) is -0.764. The second-order valence-electron chi connectivity index (χ2n) is 8.36. The van der Waals surface area contributed by atoms with Crippen LogP contribution in [0.4, 0.5) is 0 Å². The van der Waals surface area contributed by atoms with E-state index in [-0.39, 0.29) is 30.1 Å². The number of aromatic nitrogens is 1. The minimum atomic E-state index is -3.11. The molecule has 0 spiro atoms. The number of benzene rings is 1. The number of fused-ring (bicyclic) bond motifs is 2. The lowest BCUT2D eigenvalue weighted by Gasteiger charge is -2.28. The van der Waals surface area contributed by atoms with Gasteiger partial charge in [0.25, 0.3) is 5.91 Å². The average Bonchev–Trinajstić information content (AvgIpc) is 3.36. The van der Waals surface area contributed by atoms with E-state index in [1.807, 2.05) is 31.2 Å². The molecule has 2 aromatic rings. The predicted octanol–water partition coefficient (Wildman–Crippen LogP) is 2.70. The van der Waals surface area contributed by atoms with Gasteiger partial charge in [0.1, 0.15) is 0 Å². The number of carbonyl (C=O) groups is 2. The topological polar surface area (TPSA) is 93.6 Å². The molecule has 0 N–H and O–H groups in total. The molecule has 0 radical (unpaired) electrons. The normalized spacial score (nSPS) is 19.3. The van der Waals surface area contributed by atoms with Gasteiger partial charge in [0.05, 0.1) is 22.6 Å². The van der Waals surface area contributed by atoms with Crippen LogP contribution < -0.4 is 0 Å². The zero-order chi connectivity index (χ0) is 22.0. The number of para-hydroxylation sites is 1. The van der Waals surface area contributed by atoms with Crippen LogP contribution in [-0.2, 0) is 32.2 Å². The number of amides is 1. The molecule has 31 heavy (non-hydrogen) atoms. The van der Waals surface area contributed by atoms with Crippen molar-refractivity contribution in [3.63, 3.8) is 0 Å². The molecule has 1 aromatic carbocycles. The molecular weight excluding hydrogens is 416 g/mol. The minimum Gasteiger partial charge on any atom is -0.452 e. The van der Waals surface area contributed by atoms with Crippen molar-refractivity contribution in [1.82, 2.24) is 9.88 Å². The van der Waals surface area contributed by atoms with Gasteiger partial charge in [-0.1, -0.05) is 31.5 Å². The first-order valence-corrected chi connectivity index (χ1v) is 12.8. The Kier molecular flexibility index (Phi) is 6.27. The van der Waals surface area contributed by atoms with Crippen molar-refractivity contribution < 1.29 is 22.7 Å². The summed E-state index contributed by atoms with van der Waals surface area (Å²) in [5.41, 5.74) is 3.11. The van der Waals surface area contributed by atoms with Crippen LogP contribution in [0.2, 0.25) is 0 Å². The SMILES string of the molecule is CCCCN(C(=O)COC(=O)c1c2c(nc3ccccc13)CCC2)C1CCS(=O)(=O)C1. The lowest BCUT2D eigenvalue weighted by Crippen LogP contribution is -2.44. The molecule has 4 rings (SSSR count). The van der Waals surface area contributed by atoms with Crippen LogP contribution in [0.15, 0.2) is 24.3 Å². The Hall–Kier alpha value is -2.48. The van der Waals surface area contributed by atoms with E-state index in [2.05, 4.69) is 4.98 Å². The number of aryl methyl sites for hydroxylation is 1. The molecule has 1 amide bonds. The lowest BCUT2D eigenvalue weighted by molar-refractivity contribution is -0.136. The first-order chi connectivity index (χ1) is 14.9. The smallest absolute Gasteiger partial charge is 0.339 e. The van der Waals surface area contributed by atoms with Gasteiger partial charge < -0.3 is 9.64 Å². The molecule has 1 aromatic heterocycles. The third-order valence-electron chi connectivity index (χ3n) is 6.17. The predicted molar refractivity (Wildman–Crippen MR) is 118 cm³/mol. The lowest BCUT2D eigenvalue weighted by atomic mass is 10.0. The van der Waals surface area contributed by atoms with Crippen LogP contribution in [0.3, 0.4) is 0 Å². The van der Waals surface area contributed by atoms with E-state index >= 15 is 0 Å². The first-order valence-electron chi connectivity index (χ1n) is 11.0. The highest BCUT2D eigenvalue weighted by atomic mass is 32.2. The summed E-state index contributed by atoms with van der Waals surface area (Å²) in [6, 6.07) is 7.14. The standard InChI is InChI=1S/C23H28N2O5S/c1-2-3-12-25(16-11-13-31(28,29)15-16)21(26)14-30-23(27)22-17-7-4-5-9-19(17)24-20-10-6-8-18(20)22/h4-5,7,9,16H,2-3,6,8,10-15H2,1H3. The zero-order valence-corrected chi connectivity index (χ0v) is 18.6. The number of pyridine rings is 1. The number of nitrogens with zero attached hydrogens (tertiary/aromatic N) is 2. The van der Waals surface area contributed by atoms with E-state index < -0.39 is 15.8 Å². The van der Waals surface area contributed by atoms with Crippen LogP contribution in [-0.4, -0.2) is 60.9 Å². The van der Waals surface area contributed by atoms with E-state index in [0.717, 1.165) is 54.3 Å². The Labute approximate surface area is 182 Å². The molecular formula is C23H28N2O5S. The summed E-state index contributed by atoms with van der Waals surface area (Å²) in [7, 11) is -3.11. The summed E-state index contributed by atoms with van der Waals surface area (Å²) in [6.45, 7) is 2.11. The molecule has 1 fully saturated rings. The van der Waals surface area contributed by atoms with Crippen LogP contribution >= 0.6 is 0 Å². The van der Waals surface area contributed by atoms with Crippen molar-refractivity contribution in [2.45, 2.75) is 51.5 Å². The van der Waals surface area contributed by atoms with E-state index in [1.165, 1.54) is 0 Å². The van der Waals surface area contributed by atoms with E-state index in [9.17, 15) is 18.0 Å². The number of esters is 1. The highest BCUT2D eigenvalue weighted by Crippen LogP contribution is 2.30. The fourth-order valence-electron chi connectivity index (χ4n) is 4.59. The van der Waals surface area contributed by atoms with Crippen molar-refractivity contribution in [2.75, 3.05) is 24.7 Å². The number of hydrogen-bond acceptors (Lipinski definition) is 6. The fourth-order valence-corrected chi connectivity index (χ4v) is 6.32. The van der Waals surface area contributed by atoms with Gasteiger partial charge in [-0.05, 0) is 43.7 Å². The average molecular weight is 445 g/mol. The molecule has 166 valence electrons. The Balaban J connectivity index is 1.52. The van der Waals surface area contributed by atoms with E-state index in [4.69, 9.17) is 4.74 Å². The number of rotatable bonds is 7. The minimum absolute atomic E-state index is 0.0150. The summed E-state index contributed by atoms with van der Waals surface area (Å²) >= 11 is 0. The third kappa shape index (κ3) is 4.59. The molecule has 1 aliphatic carbocycles. The van der Waals surface area contributed by atoms with Crippen molar-refractivity contribution in [3.8, 4) is 0 Å². The first kappa shape index (κ1) is 21.7. The molecule has 0 saturated carbocycles. The van der Waals surface area contributed by atoms with Gasteiger partial charge >= 0.3 is 5.97 Å². The van der Waals surface area contributed by atoms with Crippen LogP contribution in [0.5, 0.6) is 0 Å². The highest BCUT2D eigenvalue weighted by molar-refractivity contribution is 7.91. The number of hydrogen-bond donors (Lipinski definition) is 0. The summed E-state index contributed by atoms with van der Waals surface area (Å²) in [4.78, 5) is 32.3. The van der Waals surface area contributed by atoms with Gasteiger partial charge in [-0.15, -0.1) is 0 Å². The van der Waals surface area contributed by atoms with Crippen molar-refractivity contribution in [2.24, 2.45) is 0 Å². The van der Waals surface area contributed by atoms with Crippen LogP contribution in [0, 0.1) is 0 Å².